The summed E-state index contributed by atoms with van der Waals surface area (Å²) in [5.74, 6) is 1.01. The first-order valence-electron chi connectivity index (χ1n) is 12.5. The number of nitrogens with zero attached hydrogens (tertiary/aromatic N) is 4. The fourth-order valence-corrected chi connectivity index (χ4v) is 4.36. The summed E-state index contributed by atoms with van der Waals surface area (Å²) in [7, 11) is 1.64. The Bertz CT molecular complexity index is 1480. The minimum Gasteiger partial charge on any atom is -0.496 e. The van der Waals surface area contributed by atoms with Crippen molar-refractivity contribution in [2.45, 2.75) is 45.3 Å². The number of ether oxygens (including phenoxy) is 3. The number of para-hydroxylation sites is 1. The first-order chi connectivity index (χ1) is 18.3. The second-order valence-electron chi connectivity index (χ2n) is 9.75. The van der Waals surface area contributed by atoms with E-state index in [0.29, 0.717) is 52.2 Å². The van der Waals surface area contributed by atoms with E-state index in [1.165, 1.54) is 6.33 Å². The quantitative estimate of drug-likeness (QED) is 0.263. The van der Waals surface area contributed by atoms with E-state index in [0.717, 1.165) is 24.2 Å². The number of carboxylic acid groups (broad SMARTS) is 1. The summed E-state index contributed by atoms with van der Waals surface area (Å²) < 4.78 is 19.5. The van der Waals surface area contributed by atoms with Crippen LogP contribution in [0.2, 0.25) is 5.02 Å². The molecule has 9 nitrogen and oxygen atoms in total. The average molecular weight is 537 g/mol. The molecule has 0 bridgehead atoms. The largest absolute Gasteiger partial charge is 0.496 e. The highest BCUT2D eigenvalue weighted by molar-refractivity contribution is 6.33. The van der Waals surface area contributed by atoms with E-state index in [1.807, 2.05) is 34.9 Å². The normalized spacial score (nSPS) is 14.7. The van der Waals surface area contributed by atoms with Crippen molar-refractivity contribution in [1.82, 2.24) is 19.5 Å². The van der Waals surface area contributed by atoms with Gasteiger partial charge in [-0.2, -0.15) is 4.98 Å². The van der Waals surface area contributed by atoms with Gasteiger partial charge in [0.25, 0.3) is 0 Å². The minimum atomic E-state index is -0.849. The Balaban J connectivity index is 1.54. The number of carboxylic acids is 1. The van der Waals surface area contributed by atoms with E-state index in [4.69, 9.17) is 35.9 Å². The lowest BCUT2D eigenvalue weighted by Crippen LogP contribution is -2.13. The molecule has 0 saturated heterocycles. The van der Waals surface area contributed by atoms with Crippen molar-refractivity contribution in [3.05, 3.63) is 59.4 Å². The third kappa shape index (κ3) is 5.38. The zero-order valence-electron chi connectivity index (χ0n) is 21.5. The molecule has 0 spiro atoms. The van der Waals surface area contributed by atoms with Crippen LogP contribution in [0, 0.1) is 5.92 Å². The number of carbonyl (C=O) groups is 1. The number of methoxy groups -OCH3 is 1. The van der Waals surface area contributed by atoms with Crippen molar-refractivity contribution in [1.29, 1.82) is 0 Å². The number of halogens is 1. The van der Waals surface area contributed by atoms with E-state index in [9.17, 15) is 4.79 Å². The Labute approximate surface area is 225 Å². The monoisotopic (exact) mass is 536 g/mol. The molecule has 1 aliphatic rings. The van der Waals surface area contributed by atoms with E-state index in [2.05, 4.69) is 16.9 Å². The Hall–Kier alpha value is -3.85. The minimum absolute atomic E-state index is 0.233. The molecular formula is C28H29ClN4O5. The Morgan fingerprint density at radius 3 is 2.71 bits per heavy atom. The third-order valence-electron chi connectivity index (χ3n) is 6.74. The molecule has 198 valence electrons. The summed E-state index contributed by atoms with van der Waals surface area (Å²) in [5, 5.41) is 9.52. The van der Waals surface area contributed by atoms with Gasteiger partial charge in [-0.15, -0.1) is 0 Å². The van der Waals surface area contributed by atoms with Crippen LogP contribution < -0.4 is 14.2 Å². The van der Waals surface area contributed by atoms with Crippen LogP contribution in [-0.4, -0.2) is 49.9 Å². The molecule has 1 fully saturated rings. The van der Waals surface area contributed by atoms with Gasteiger partial charge >= 0.3 is 5.97 Å². The molecule has 1 aliphatic carbocycles. The molecule has 1 saturated carbocycles. The highest BCUT2D eigenvalue weighted by Gasteiger charge is 2.41. The molecule has 4 aromatic rings. The van der Waals surface area contributed by atoms with E-state index in [-0.39, 0.29) is 12.2 Å². The molecule has 0 unspecified atom stereocenters. The summed E-state index contributed by atoms with van der Waals surface area (Å²) in [5.41, 5.74) is 2.59. The van der Waals surface area contributed by atoms with Crippen LogP contribution in [0.4, 0.5) is 0 Å². The van der Waals surface area contributed by atoms with Gasteiger partial charge in [0.05, 0.1) is 31.2 Å². The SMILES string of the molecule is COc1ccccc1Cn1c(-c2ccc(OCC[C@@H](C)C(=O)O)cc2Cl)nc2c(OC3(C)CC3)ncnc21. The number of rotatable bonds is 11. The Kier molecular flexibility index (Phi) is 7.12. The van der Waals surface area contributed by atoms with Gasteiger partial charge in [0.1, 0.15) is 29.3 Å². The van der Waals surface area contributed by atoms with Gasteiger partial charge in [0.15, 0.2) is 11.2 Å². The summed E-state index contributed by atoms with van der Waals surface area (Å²) in [6.45, 7) is 4.41. The lowest BCUT2D eigenvalue weighted by molar-refractivity contribution is -0.141. The summed E-state index contributed by atoms with van der Waals surface area (Å²) in [4.78, 5) is 24.9. The van der Waals surface area contributed by atoms with Gasteiger partial charge < -0.3 is 23.9 Å². The number of hydrogen-bond acceptors (Lipinski definition) is 7. The summed E-state index contributed by atoms with van der Waals surface area (Å²) >= 11 is 6.75. The molecule has 2 aromatic heterocycles. The van der Waals surface area contributed by atoms with Crippen molar-refractivity contribution in [3.63, 3.8) is 0 Å². The van der Waals surface area contributed by atoms with Gasteiger partial charge in [0.2, 0.25) is 5.88 Å². The zero-order valence-corrected chi connectivity index (χ0v) is 22.2. The number of aliphatic carboxylic acids is 1. The number of fused-ring (bicyclic) bond motifs is 1. The van der Waals surface area contributed by atoms with Gasteiger partial charge in [-0.1, -0.05) is 36.7 Å². The standard InChI is InChI=1S/C28H29ClN4O5/c1-17(27(34)35)10-13-37-19-8-9-20(21(29)14-19)24-32-23-25(30-16-31-26(23)38-28(2)11-12-28)33(24)15-18-6-4-5-7-22(18)36-3/h4-9,14,16-17H,10-13,15H2,1-3H3,(H,34,35)/t17-/m1/s1. The Morgan fingerprint density at radius 2 is 2.00 bits per heavy atom. The van der Waals surface area contributed by atoms with Crippen LogP contribution in [0.3, 0.4) is 0 Å². The molecule has 0 amide bonds. The second kappa shape index (κ2) is 10.5. The van der Waals surface area contributed by atoms with E-state index in [1.54, 1.807) is 26.2 Å². The molecular weight excluding hydrogens is 508 g/mol. The lowest BCUT2D eigenvalue weighted by atomic mass is 10.1. The van der Waals surface area contributed by atoms with Crippen molar-refractivity contribution < 1.29 is 24.1 Å². The maximum absolute atomic E-state index is 11.1. The van der Waals surface area contributed by atoms with Gasteiger partial charge in [0, 0.05) is 11.1 Å². The van der Waals surface area contributed by atoms with Gasteiger partial charge in [-0.3, -0.25) is 4.79 Å². The lowest BCUT2D eigenvalue weighted by Gasteiger charge is -2.14. The number of benzene rings is 2. The number of hydrogen-bond donors (Lipinski definition) is 1. The molecule has 0 radical (unpaired) electrons. The molecule has 38 heavy (non-hydrogen) atoms. The summed E-state index contributed by atoms with van der Waals surface area (Å²) in [6, 6.07) is 13.1. The smallest absolute Gasteiger partial charge is 0.306 e. The molecule has 5 rings (SSSR count). The maximum Gasteiger partial charge on any atom is 0.306 e. The Morgan fingerprint density at radius 1 is 1.21 bits per heavy atom. The summed E-state index contributed by atoms with van der Waals surface area (Å²) in [6.07, 6.45) is 3.81. The van der Waals surface area contributed by atoms with Gasteiger partial charge in [-0.25, -0.2) is 9.97 Å². The molecule has 1 N–H and O–H groups in total. The number of aromatic nitrogens is 4. The molecule has 2 aromatic carbocycles. The van der Waals surface area contributed by atoms with Crippen molar-refractivity contribution in [3.8, 4) is 28.8 Å². The van der Waals surface area contributed by atoms with Crippen molar-refractivity contribution in [2.24, 2.45) is 5.92 Å². The zero-order chi connectivity index (χ0) is 26.9. The van der Waals surface area contributed by atoms with Gasteiger partial charge in [-0.05, 0) is 50.5 Å². The fraction of sp³-hybridized carbons (Fsp3) is 0.357. The number of imidazole rings is 1. The first kappa shape index (κ1) is 25.8. The first-order valence-corrected chi connectivity index (χ1v) is 12.8. The average Bonchev–Trinajstić information content (AvgIpc) is 3.52. The predicted octanol–water partition coefficient (Wildman–Crippen LogP) is 5.62. The second-order valence-corrected chi connectivity index (χ2v) is 10.2. The molecule has 0 aliphatic heterocycles. The van der Waals surface area contributed by atoms with Crippen LogP contribution >= 0.6 is 11.6 Å². The molecule has 10 heteroatoms. The highest BCUT2D eigenvalue weighted by Crippen LogP contribution is 2.41. The maximum atomic E-state index is 11.1. The van der Waals surface area contributed by atoms with E-state index >= 15 is 0 Å². The van der Waals surface area contributed by atoms with Crippen molar-refractivity contribution >= 4 is 28.7 Å². The van der Waals surface area contributed by atoms with E-state index < -0.39 is 11.9 Å². The van der Waals surface area contributed by atoms with Crippen LogP contribution in [0.5, 0.6) is 17.4 Å². The topological polar surface area (TPSA) is 109 Å². The van der Waals surface area contributed by atoms with Crippen LogP contribution in [0.1, 0.15) is 38.7 Å². The van der Waals surface area contributed by atoms with Crippen LogP contribution in [-0.2, 0) is 11.3 Å². The molecule has 2 heterocycles. The van der Waals surface area contributed by atoms with Crippen molar-refractivity contribution in [2.75, 3.05) is 13.7 Å². The fourth-order valence-electron chi connectivity index (χ4n) is 4.11. The van der Waals surface area contributed by atoms with Crippen LogP contribution in [0.25, 0.3) is 22.6 Å². The highest BCUT2D eigenvalue weighted by atomic mass is 35.5. The third-order valence-corrected chi connectivity index (χ3v) is 7.05. The predicted molar refractivity (Wildman–Crippen MR) is 143 cm³/mol. The van der Waals surface area contributed by atoms with Crippen LogP contribution in [0.15, 0.2) is 48.8 Å². The molecule has 1 atom stereocenters.